The van der Waals surface area contributed by atoms with Crippen molar-refractivity contribution < 1.29 is 9.53 Å². The van der Waals surface area contributed by atoms with Gasteiger partial charge < -0.3 is 10.1 Å². The largest absolute Gasteiger partial charge is 0.487 e. The van der Waals surface area contributed by atoms with Crippen LogP contribution >= 0.6 is 0 Å². The number of aromatic nitrogens is 2. The van der Waals surface area contributed by atoms with Crippen molar-refractivity contribution in [3.05, 3.63) is 62.2 Å². The summed E-state index contributed by atoms with van der Waals surface area (Å²) >= 11 is 0. The summed E-state index contributed by atoms with van der Waals surface area (Å²) in [6.07, 6.45) is 4.83. The first-order chi connectivity index (χ1) is 12.5. The fraction of sp³-hybridized carbons (Fsp3) is 0.421. The van der Waals surface area contributed by atoms with E-state index in [1.807, 2.05) is 24.3 Å². The Bertz CT molecular complexity index is 940. The number of carbonyl (C=O) groups excluding carboxylic acids is 1. The molecule has 0 bridgehead atoms. The molecule has 2 aliphatic rings. The fourth-order valence-electron chi connectivity index (χ4n) is 4.08. The molecule has 7 nitrogen and oxygen atoms in total. The third-order valence-electron chi connectivity index (χ3n) is 5.29. The summed E-state index contributed by atoms with van der Waals surface area (Å²) in [7, 11) is 0. The fourth-order valence-corrected chi connectivity index (χ4v) is 4.08. The minimum Gasteiger partial charge on any atom is -0.487 e. The Morgan fingerprint density at radius 2 is 1.96 bits per heavy atom. The van der Waals surface area contributed by atoms with Crippen molar-refractivity contribution >= 4 is 5.91 Å². The van der Waals surface area contributed by atoms with E-state index >= 15 is 0 Å². The van der Waals surface area contributed by atoms with Gasteiger partial charge in [0.25, 0.3) is 11.1 Å². The second kappa shape index (κ2) is 6.48. The number of rotatable bonds is 3. The van der Waals surface area contributed by atoms with Crippen LogP contribution in [0.5, 0.6) is 5.75 Å². The highest BCUT2D eigenvalue weighted by Crippen LogP contribution is 2.46. The zero-order valence-electron chi connectivity index (χ0n) is 14.3. The number of hydrogen-bond donors (Lipinski definition) is 3. The van der Waals surface area contributed by atoms with Gasteiger partial charge in [-0.15, -0.1) is 0 Å². The maximum Gasteiger partial charge on any atom is 0.266 e. The van der Waals surface area contributed by atoms with Crippen molar-refractivity contribution in [2.45, 2.75) is 50.2 Å². The quantitative estimate of drug-likeness (QED) is 0.777. The van der Waals surface area contributed by atoms with E-state index in [4.69, 9.17) is 4.74 Å². The van der Waals surface area contributed by atoms with E-state index in [-0.39, 0.29) is 29.5 Å². The zero-order valence-corrected chi connectivity index (χ0v) is 14.3. The SMILES string of the molecule is O=C(Cc1cc(=O)[nH][nH]c1=O)NC1CC2(CCCC2)Oc2ccccc21. The van der Waals surface area contributed by atoms with Crippen molar-refractivity contribution in [3.63, 3.8) is 0 Å². The Balaban J connectivity index is 1.56. The number of ether oxygens (including phenoxy) is 1. The first-order valence-electron chi connectivity index (χ1n) is 8.93. The molecule has 0 radical (unpaired) electrons. The highest BCUT2D eigenvalue weighted by Gasteiger charge is 2.43. The number of H-pyrrole nitrogens is 2. The van der Waals surface area contributed by atoms with Gasteiger partial charge in [0.2, 0.25) is 5.91 Å². The van der Waals surface area contributed by atoms with Gasteiger partial charge in [0, 0.05) is 23.6 Å². The van der Waals surface area contributed by atoms with Crippen LogP contribution in [0.15, 0.2) is 39.9 Å². The number of hydrogen-bond acceptors (Lipinski definition) is 4. The molecule has 4 rings (SSSR count). The molecule has 2 heterocycles. The first kappa shape index (κ1) is 16.6. The van der Waals surface area contributed by atoms with Crippen molar-refractivity contribution in [3.8, 4) is 5.75 Å². The molecule has 1 aromatic carbocycles. The van der Waals surface area contributed by atoms with E-state index in [9.17, 15) is 14.4 Å². The number of aromatic amines is 2. The van der Waals surface area contributed by atoms with E-state index in [0.717, 1.165) is 49.5 Å². The smallest absolute Gasteiger partial charge is 0.266 e. The number of nitrogens with one attached hydrogen (secondary N) is 3. The van der Waals surface area contributed by atoms with Crippen LogP contribution in [-0.4, -0.2) is 21.7 Å². The second-order valence-corrected chi connectivity index (χ2v) is 7.14. The molecule has 1 amide bonds. The Labute approximate surface area is 149 Å². The molecule has 1 spiro atoms. The van der Waals surface area contributed by atoms with Crippen molar-refractivity contribution in [2.75, 3.05) is 0 Å². The lowest BCUT2D eigenvalue weighted by Gasteiger charge is -2.40. The van der Waals surface area contributed by atoms with Gasteiger partial charge in [0.05, 0.1) is 12.5 Å². The lowest BCUT2D eigenvalue weighted by Crippen LogP contribution is -2.44. The van der Waals surface area contributed by atoms with Gasteiger partial charge in [0.1, 0.15) is 11.4 Å². The van der Waals surface area contributed by atoms with Crippen LogP contribution in [0.25, 0.3) is 0 Å². The first-order valence-corrected chi connectivity index (χ1v) is 8.93. The van der Waals surface area contributed by atoms with Gasteiger partial charge in [-0.2, -0.15) is 0 Å². The molecule has 1 unspecified atom stereocenters. The Morgan fingerprint density at radius 1 is 1.19 bits per heavy atom. The van der Waals surface area contributed by atoms with E-state index < -0.39 is 11.1 Å². The minimum absolute atomic E-state index is 0.133. The van der Waals surface area contributed by atoms with E-state index in [2.05, 4.69) is 15.5 Å². The highest BCUT2D eigenvalue weighted by molar-refractivity contribution is 5.79. The number of amides is 1. The summed E-state index contributed by atoms with van der Waals surface area (Å²) in [5.41, 5.74) is 0.00157. The Kier molecular flexibility index (Phi) is 4.14. The third kappa shape index (κ3) is 3.16. The Morgan fingerprint density at radius 3 is 2.77 bits per heavy atom. The molecule has 7 heteroatoms. The number of benzene rings is 1. The standard InChI is InChI=1S/C19H21N3O4/c23-16(9-12-10-17(24)21-22-18(12)25)20-14-11-19(7-3-4-8-19)26-15-6-2-1-5-13(14)15/h1-2,5-6,10,14H,3-4,7-9,11H2,(H,20,23)(H,21,24)(H,22,25). The molecule has 1 aliphatic carbocycles. The van der Waals surface area contributed by atoms with Gasteiger partial charge in [-0.1, -0.05) is 18.2 Å². The predicted molar refractivity (Wildman–Crippen MR) is 95.2 cm³/mol. The molecule has 2 aromatic rings. The molecule has 1 saturated carbocycles. The van der Waals surface area contributed by atoms with Gasteiger partial charge in [-0.3, -0.25) is 24.6 Å². The molecule has 26 heavy (non-hydrogen) atoms. The van der Waals surface area contributed by atoms with Crippen molar-refractivity contribution in [1.29, 1.82) is 0 Å². The summed E-state index contributed by atoms with van der Waals surface area (Å²) < 4.78 is 6.29. The zero-order chi connectivity index (χ0) is 18.1. The van der Waals surface area contributed by atoms with Crippen LogP contribution < -0.4 is 21.2 Å². The molecular formula is C19H21N3O4. The molecule has 1 aliphatic heterocycles. The average Bonchev–Trinajstić information content (AvgIpc) is 3.05. The van der Waals surface area contributed by atoms with Crippen LogP contribution in [-0.2, 0) is 11.2 Å². The third-order valence-corrected chi connectivity index (χ3v) is 5.29. The normalized spacial score (nSPS) is 20.4. The van der Waals surface area contributed by atoms with Crippen LogP contribution in [0.4, 0.5) is 0 Å². The lowest BCUT2D eigenvalue weighted by molar-refractivity contribution is -0.121. The van der Waals surface area contributed by atoms with Gasteiger partial charge in [-0.05, 0) is 31.7 Å². The summed E-state index contributed by atoms with van der Waals surface area (Å²) in [4.78, 5) is 35.7. The number of fused-ring (bicyclic) bond motifs is 1. The lowest BCUT2D eigenvalue weighted by atomic mass is 9.86. The Hall–Kier alpha value is -2.83. The molecule has 136 valence electrons. The van der Waals surface area contributed by atoms with Crippen LogP contribution in [0.3, 0.4) is 0 Å². The average molecular weight is 355 g/mol. The number of para-hydroxylation sites is 1. The summed E-state index contributed by atoms with van der Waals surface area (Å²) in [6.45, 7) is 0. The molecule has 1 fully saturated rings. The monoisotopic (exact) mass is 355 g/mol. The second-order valence-electron chi connectivity index (χ2n) is 7.14. The van der Waals surface area contributed by atoms with E-state index in [1.54, 1.807) is 0 Å². The molecule has 3 N–H and O–H groups in total. The van der Waals surface area contributed by atoms with Gasteiger partial charge in [0.15, 0.2) is 0 Å². The maximum atomic E-state index is 12.5. The van der Waals surface area contributed by atoms with Gasteiger partial charge in [-0.25, -0.2) is 0 Å². The van der Waals surface area contributed by atoms with Crippen LogP contribution in [0.1, 0.15) is 49.3 Å². The summed E-state index contributed by atoms with van der Waals surface area (Å²) in [6, 6.07) is 8.76. The van der Waals surface area contributed by atoms with Crippen LogP contribution in [0.2, 0.25) is 0 Å². The molecule has 1 aromatic heterocycles. The summed E-state index contributed by atoms with van der Waals surface area (Å²) in [5, 5.41) is 7.48. The van der Waals surface area contributed by atoms with E-state index in [0.29, 0.717) is 0 Å². The maximum absolute atomic E-state index is 12.5. The molecular weight excluding hydrogens is 334 g/mol. The van der Waals surface area contributed by atoms with Crippen LogP contribution in [0, 0.1) is 0 Å². The minimum atomic E-state index is -0.459. The van der Waals surface area contributed by atoms with E-state index in [1.165, 1.54) is 0 Å². The van der Waals surface area contributed by atoms with Crippen molar-refractivity contribution in [2.24, 2.45) is 0 Å². The highest BCUT2D eigenvalue weighted by atomic mass is 16.5. The van der Waals surface area contributed by atoms with Crippen molar-refractivity contribution in [1.82, 2.24) is 15.5 Å². The molecule has 0 saturated heterocycles. The molecule has 1 atom stereocenters. The number of carbonyl (C=O) groups is 1. The predicted octanol–water partition coefficient (Wildman–Crippen LogP) is 1.56. The van der Waals surface area contributed by atoms with Gasteiger partial charge >= 0.3 is 0 Å². The summed E-state index contributed by atoms with van der Waals surface area (Å²) in [5.74, 6) is 0.538. The topological polar surface area (TPSA) is 104 Å².